The number of rotatable bonds is 6. The summed E-state index contributed by atoms with van der Waals surface area (Å²) >= 11 is 0. The van der Waals surface area contributed by atoms with E-state index in [0.717, 1.165) is 32.0 Å². The molecule has 13 heteroatoms. The minimum atomic E-state index is -5.65. The van der Waals surface area contributed by atoms with Crippen molar-refractivity contribution in [1.82, 2.24) is 14.3 Å². The minimum absolute atomic E-state index is 0.231. The van der Waals surface area contributed by atoms with Crippen molar-refractivity contribution < 1.29 is 34.8 Å². The van der Waals surface area contributed by atoms with Crippen LogP contribution in [0.4, 0.5) is 32.0 Å². The summed E-state index contributed by atoms with van der Waals surface area (Å²) in [4.78, 5) is 7.50. The third-order valence-electron chi connectivity index (χ3n) is 6.83. The van der Waals surface area contributed by atoms with Crippen molar-refractivity contribution in [3.05, 3.63) is 47.5 Å². The number of hydrogen-bond acceptors (Lipinski definition) is 4. The molecule has 6 nitrogen and oxygen atoms in total. The Kier molecular flexibility index (Phi) is 7.11. The number of fused-ring (bicyclic) bond motifs is 1. The van der Waals surface area contributed by atoms with Crippen LogP contribution >= 0.6 is 0 Å². The van der Waals surface area contributed by atoms with Gasteiger partial charge < -0.3 is 9.88 Å². The summed E-state index contributed by atoms with van der Waals surface area (Å²) in [6.07, 6.45) is 1.27. The van der Waals surface area contributed by atoms with Crippen LogP contribution in [-0.4, -0.2) is 40.8 Å². The van der Waals surface area contributed by atoms with Gasteiger partial charge in [0.25, 0.3) is 0 Å². The Morgan fingerprint density at radius 3 is 2.37 bits per heavy atom. The van der Waals surface area contributed by atoms with Crippen LogP contribution in [0.15, 0.2) is 30.6 Å². The third-order valence-corrected chi connectivity index (χ3v) is 8.38. The number of alkyl halides is 6. The second-order valence-corrected chi connectivity index (χ2v) is 11.0. The highest BCUT2D eigenvalue weighted by molar-refractivity contribution is 7.89. The molecule has 1 aromatic heterocycles. The molecule has 1 aliphatic heterocycles. The van der Waals surface area contributed by atoms with Crippen LogP contribution in [0.3, 0.4) is 0 Å². The summed E-state index contributed by atoms with van der Waals surface area (Å²) in [5.41, 5.74) is -6.12. The molecule has 35 heavy (non-hydrogen) atoms. The van der Waals surface area contributed by atoms with Crippen LogP contribution in [0, 0.1) is 5.92 Å². The molecule has 1 saturated carbocycles. The van der Waals surface area contributed by atoms with Gasteiger partial charge in [-0.1, -0.05) is 43.9 Å². The number of H-pyrrole nitrogens is 1. The Labute approximate surface area is 199 Å². The van der Waals surface area contributed by atoms with Gasteiger partial charge in [0.05, 0.1) is 18.6 Å². The Morgan fingerprint density at radius 1 is 1.03 bits per heavy atom. The van der Waals surface area contributed by atoms with E-state index in [1.807, 2.05) is 0 Å². The highest BCUT2D eigenvalue weighted by atomic mass is 32.2. The van der Waals surface area contributed by atoms with E-state index in [1.54, 1.807) is 23.1 Å². The minimum Gasteiger partial charge on any atom is -0.361 e. The van der Waals surface area contributed by atoms with Gasteiger partial charge in [0.15, 0.2) is 5.69 Å². The molecule has 2 aromatic rings. The van der Waals surface area contributed by atoms with Crippen LogP contribution in [0.1, 0.15) is 55.5 Å². The van der Waals surface area contributed by atoms with Crippen molar-refractivity contribution in [3.8, 4) is 0 Å². The fourth-order valence-electron chi connectivity index (χ4n) is 5.08. The maximum absolute atomic E-state index is 13.5. The van der Waals surface area contributed by atoms with Gasteiger partial charge in [-0.05, 0) is 30.4 Å². The van der Waals surface area contributed by atoms with Crippen LogP contribution in [-0.2, 0) is 29.3 Å². The van der Waals surface area contributed by atoms with E-state index in [1.165, 1.54) is 6.07 Å². The maximum atomic E-state index is 13.5. The molecule has 2 heterocycles. The van der Waals surface area contributed by atoms with Crippen LogP contribution in [0.2, 0.25) is 0 Å². The fraction of sp³-hybridized carbons (Fsp3) is 0.591. The van der Waals surface area contributed by atoms with Crippen LogP contribution in [0.25, 0.3) is 0 Å². The first-order chi connectivity index (χ1) is 16.4. The van der Waals surface area contributed by atoms with Gasteiger partial charge in [-0.15, -0.1) is 0 Å². The number of halogens is 6. The lowest BCUT2D eigenvalue weighted by Crippen LogP contribution is -2.47. The number of sulfonamides is 1. The van der Waals surface area contributed by atoms with Gasteiger partial charge in [0, 0.05) is 24.8 Å². The second kappa shape index (κ2) is 9.64. The number of aromatic amines is 1. The molecule has 1 fully saturated rings. The first-order valence-corrected chi connectivity index (χ1v) is 12.8. The summed E-state index contributed by atoms with van der Waals surface area (Å²) in [7, 11) is -5.65. The monoisotopic (exact) mass is 524 g/mol. The third kappa shape index (κ3) is 5.45. The van der Waals surface area contributed by atoms with E-state index in [2.05, 4.69) is 9.97 Å². The number of imidazole rings is 1. The zero-order valence-corrected chi connectivity index (χ0v) is 19.6. The van der Waals surface area contributed by atoms with E-state index >= 15 is 0 Å². The SMILES string of the molecule is O=S(=O)(N1Cc2ccccc2N(Cc2[nH]cnc2C(F)(F)F)[C@H](CCC2CCCC2)C1)C(F)(F)F. The molecule has 2 aliphatic rings. The quantitative estimate of drug-likeness (QED) is 0.511. The molecule has 1 aliphatic carbocycles. The predicted octanol–water partition coefficient (Wildman–Crippen LogP) is 5.44. The number of hydrogen-bond donors (Lipinski definition) is 1. The van der Waals surface area contributed by atoms with Crippen molar-refractivity contribution in [1.29, 1.82) is 0 Å². The zero-order valence-electron chi connectivity index (χ0n) is 18.7. The molecule has 0 saturated heterocycles. The molecule has 1 aromatic carbocycles. The number of nitrogens with one attached hydrogen (secondary N) is 1. The average molecular weight is 525 g/mol. The van der Waals surface area contributed by atoms with E-state index in [-0.39, 0.29) is 17.8 Å². The molecule has 1 atom stereocenters. The molecule has 0 spiro atoms. The Bertz CT molecular complexity index is 1130. The van der Waals surface area contributed by atoms with Gasteiger partial charge in [-0.25, -0.2) is 13.4 Å². The molecular formula is C22H26F6N4O2S. The molecule has 194 valence electrons. The average Bonchev–Trinajstić information content (AvgIpc) is 3.43. The zero-order chi connectivity index (χ0) is 25.4. The highest BCUT2D eigenvalue weighted by Gasteiger charge is 2.51. The van der Waals surface area contributed by atoms with Crippen molar-refractivity contribution >= 4 is 15.7 Å². The summed E-state index contributed by atoms with van der Waals surface area (Å²) in [5, 5.41) is 0. The largest absolute Gasteiger partial charge is 0.511 e. The summed E-state index contributed by atoms with van der Waals surface area (Å²) < 4.78 is 106. The van der Waals surface area contributed by atoms with Gasteiger partial charge in [0.2, 0.25) is 0 Å². The first kappa shape index (κ1) is 25.8. The van der Waals surface area contributed by atoms with E-state index in [4.69, 9.17) is 0 Å². The number of aromatic nitrogens is 2. The Morgan fingerprint density at radius 2 is 1.71 bits per heavy atom. The fourth-order valence-corrected chi connectivity index (χ4v) is 6.05. The topological polar surface area (TPSA) is 69.3 Å². The smallest absolute Gasteiger partial charge is 0.361 e. The molecule has 0 radical (unpaired) electrons. The van der Waals surface area contributed by atoms with Crippen molar-refractivity contribution in [2.45, 2.75) is 69.3 Å². The maximum Gasteiger partial charge on any atom is 0.511 e. The highest BCUT2D eigenvalue weighted by Crippen LogP contribution is 2.38. The number of anilines is 1. The molecule has 0 bridgehead atoms. The van der Waals surface area contributed by atoms with E-state index < -0.39 is 46.5 Å². The van der Waals surface area contributed by atoms with Crippen LogP contribution < -0.4 is 4.90 Å². The standard InChI is InChI=1S/C22H26F6N4O2S/c23-21(24,25)20-18(29-14-30-20)13-32-17(10-9-15-5-1-2-6-15)12-31(35(33,34)22(26,27)28)11-16-7-3-4-8-19(16)32/h3-4,7-8,14-15,17H,1-2,5-6,9-13H2,(H,29,30)/t17-/m1/s1. The van der Waals surface area contributed by atoms with Crippen molar-refractivity contribution in [2.75, 3.05) is 11.4 Å². The first-order valence-electron chi connectivity index (χ1n) is 11.4. The lowest BCUT2D eigenvalue weighted by atomic mass is 9.97. The second-order valence-electron chi connectivity index (χ2n) is 9.11. The number of nitrogens with zero attached hydrogens (tertiary/aromatic N) is 3. The lowest BCUT2D eigenvalue weighted by molar-refractivity contribution is -0.141. The summed E-state index contributed by atoms with van der Waals surface area (Å²) in [6.45, 7) is -1.32. The molecule has 0 unspecified atom stereocenters. The number of para-hydroxylation sites is 1. The van der Waals surface area contributed by atoms with Crippen LogP contribution in [0.5, 0.6) is 0 Å². The normalized spacial score (nSPS) is 20.7. The Balaban J connectivity index is 1.74. The van der Waals surface area contributed by atoms with Gasteiger partial charge in [-0.3, -0.25) is 0 Å². The number of benzene rings is 1. The molecule has 4 rings (SSSR count). The molecule has 0 amide bonds. The predicted molar refractivity (Wildman–Crippen MR) is 117 cm³/mol. The van der Waals surface area contributed by atoms with Gasteiger partial charge in [0.1, 0.15) is 0 Å². The van der Waals surface area contributed by atoms with Crippen molar-refractivity contribution in [3.63, 3.8) is 0 Å². The lowest BCUT2D eigenvalue weighted by Gasteiger charge is -2.35. The van der Waals surface area contributed by atoms with Gasteiger partial charge in [-0.2, -0.15) is 30.6 Å². The van der Waals surface area contributed by atoms with Crippen molar-refractivity contribution in [2.24, 2.45) is 5.92 Å². The van der Waals surface area contributed by atoms with Gasteiger partial charge >= 0.3 is 21.7 Å². The van der Waals surface area contributed by atoms with E-state index in [0.29, 0.717) is 28.8 Å². The van der Waals surface area contributed by atoms with E-state index in [9.17, 15) is 34.8 Å². The molecule has 1 N–H and O–H groups in total. The molecular weight excluding hydrogens is 498 g/mol. The summed E-state index contributed by atoms with van der Waals surface area (Å²) in [6, 6.07) is 5.53. The summed E-state index contributed by atoms with van der Waals surface area (Å²) in [5.74, 6) is 0.362. The Hall–Kier alpha value is -2.28.